The molecule has 0 spiro atoms. The lowest BCUT2D eigenvalue weighted by Gasteiger charge is -2.23. The second kappa shape index (κ2) is 4.81. The fourth-order valence-electron chi connectivity index (χ4n) is 2.49. The van der Waals surface area contributed by atoms with Gasteiger partial charge in [-0.05, 0) is 24.6 Å². The SMILES string of the molecule is CC1=C\C=C/C=C(C2Nc3ccccc3N2C)/C=C\1. The first-order chi connectivity index (χ1) is 9.25. The zero-order valence-corrected chi connectivity index (χ0v) is 11.3. The van der Waals surface area contributed by atoms with Gasteiger partial charge in [-0.3, -0.25) is 0 Å². The van der Waals surface area contributed by atoms with Gasteiger partial charge in [0.15, 0.2) is 0 Å². The number of anilines is 2. The molecule has 0 saturated carbocycles. The van der Waals surface area contributed by atoms with E-state index < -0.39 is 0 Å². The molecule has 0 amide bonds. The molecule has 1 aliphatic heterocycles. The lowest BCUT2D eigenvalue weighted by molar-refractivity contribution is 0.849. The van der Waals surface area contributed by atoms with Crippen LogP contribution in [0.2, 0.25) is 0 Å². The molecule has 1 aromatic carbocycles. The van der Waals surface area contributed by atoms with Crippen molar-refractivity contribution in [2.24, 2.45) is 0 Å². The molecule has 0 radical (unpaired) electrons. The number of rotatable bonds is 1. The molecule has 0 aromatic heterocycles. The van der Waals surface area contributed by atoms with Gasteiger partial charge in [0, 0.05) is 7.05 Å². The molecule has 1 N–H and O–H groups in total. The lowest BCUT2D eigenvalue weighted by atomic mass is 10.1. The van der Waals surface area contributed by atoms with Crippen molar-refractivity contribution < 1.29 is 0 Å². The molecule has 2 heteroatoms. The summed E-state index contributed by atoms with van der Waals surface area (Å²) in [5, 5.41) is 3.57. The van der Waals surface area contributed by atoms with Crippen molar-refractivity contribution in [3.63, 3.8) is 0 Å². The predicted octanol–water partition coefficient (Wildman–Crippen LogP) is 3.87. The van der Waals surface area contributed by atoms with Crippen LogP contribution in [-0.2, 0) is 0 Å². The van der Waals surface area contributed by atoms with Crippen LogP contribution in [0, 0.1) is 0 Å². The molecular weight excluding hydrogens is 232 g/mol. The maximum atomic E-state index is 3.57. The molecular formula is C17H18N2. The van der Waals surface area contributed by atoms with Gasteiger partial charge in [-0.2, -0.15) is 0 Å². The third kappa shape index (κ3) is 2.22. The Labute approximate surface area is 114 Å². The van der Waals surface area contributed by atoms with E-state index in [1.165, 1.54) is 22.5 Å². The highest BCUT2D eigenvalue weighted by Gasteiger charge is 2.26. The number of fused-ring (bicyclic) bond motifs is 1. The third-order valence-electron chi connectivity index (χ3n) is 3.58. The number of allylic oxidation sites excluding steroid dienone is 6. The maximum absolute atomic E-state index is 3.57. The topological polar surface area (TPSA) is 15.3 Å². The number of hydrogen-bond donors (Lipinski definition) is 1. The minimum absolute atomic E-state index is 0.198. The van der Waals surface area contributed by atoms with E-state index in [1.54, 1.807) is 0 Å². The van der Waals surface area contributed by atoms with Gasteiger partial charge in [-0.1, -0.05) is 54.2 Å². The minimum atomic E-state index is 0.198. The first-order valence-electron chi connectivity index (χ1n) is 6.57. The van der Waals surface area contributed by atoms with Crippen LogP contribution >= 0.6 is 0 Å². The van der Waals surface area contributed by atoms with Crippen molar-refractivity contribution in [2.75, 3.05) is 17.3 Å². The Morgan fingerprint density at radius 1 is 1.05 bits per heavy atom. The Morgan fingerprint density at radius 3 is 2.68 bits per heavy atom. The van der Waals surface area contributed by atoms with E-state index in [9.17, 15) is 0 Å². The van der Waals surface area contributed by atoms with E-state index in [0.29, 0.717) is 0 Å². The first-order valence-corrected chi connectivity index (χ1v) is 6.57. The average Bonchev–Trinajstić information content (AvgIpc) is 2.73. The van der Waals surface area contributed by atoms with Crippen LogP contribution in [0.4, 0.5) is 11.4 Å². The van der Waals surface area contributed by atoms with Crippen LogP contribution in [0.15, 0.2) is 71.9 Å². The second-order valence-electron chi connectivity index (χ2n) is 4.97. The molecule has 0 bridgehead atoms. The number of para-hydroxylation sites is 2. The summed E-state index contributed by atoms with van der Waals surface area (Å²) in [5.41, 5.74) is 4.98. The predicted molar refractivity (Wildman–Crippen MR) is 82.4 cm³/mol. The van der Waals surface area contributed by atoms with Crippen molar-refractivity contribution in [1.29, 1.82) is 0 Å². The Morgan fingerprint density at radius 2 is 1.84 bits per heavy atom. The number of benzene rings is 1. The van der Waals surface area contributed by atoms with Gasteiger partial charge in [-0.25, -0.2) is 0 Å². The van der Waals surface area contributed by atoms with Gasteiger partial charge in [0.1, 0.15) is 6.17 Å². The van der Waals surface area contributed by atoms with Gasteiger partial charge >= 0.3 is 0 Å². The standard InChI is InChI=1S/C17H18N2/c1-13-7-3-4-8-14(12-11-13)17-18-15-9-5-6-10-16(15)19(17)2/h3-12,17-18H,1-2H3/b4-3-,7-3?,8-4?,12-11-,13-7+,13-11?,14-8-,14-12?. The lowest BCUT2D eigenvalue weighted by Crippen LogP contribution is -2.33. The highest BCUT2D eigenvalue weighted by Crippen LogP contribution is 2.35. The van der Waals surface area contributed by atoms with E-state index in [1.807, 2.05) is 0 Å². The van der Waals surface area contributed by atoms with Gasteiger partial charge in [-0.15, -0.1) is 0 Å². The number of nitrogens with zero attached hydrogens (tertiary/aromatic N) is 1. The zero-order chi connectivity index (χ0) is 13.2. The molecule has 1 aromatic rings. The van der Waals surface area contributed by atoms with Crippen LogP contribution in [0.25, 0.3) is 0 Å². The van der Waals surface area contributed by atoms with Crippen LogP contribution in [0.5, 0.6) is 0 Å². The Kier molecular flexibility index (Phi) is 3.00. The van der Waals surface area contributed by atoms with E-state index in [2.05, 4.69) is 84.9 Å². The second-order valence-corrected chi connectivity index (χ2v) is 4.97. The number of nitrogens with one attached hydrogen (secondary N) is 1. The van der Waals surface area contributed by atoms with Crippen molar-refractivity contribution in [1.82, 2.24) is 0 Å². The van der Waals surface area contributed by atoms with Crippen LogP contribution in [0.1, 0.15) is 6.92 Å². The summed E-state index contributed by atoms with van der Waals surface area (Å²) < 4.78 is 0. The zero-order valence-electron chi connectivity index (χ0n) is 11.3. The summed E-state index contributed by atoms with van der Waals surface area (Å²) in [6.45, 7) is 2.12. The molecule has 2 nitrogen and oxygen atoms in total. The molecule has 1 heterocycles. The van der Waals surface area contributed by atoms with Crippen LogP contribution < -0.4 is 10.2 Å². The summed E-state index contributed by atoms with van der Waals surface area (Å²) >= 11 is 0. The fourth-order valence-corrected chi connectivity index (χ4v) is 2.49. The summed E-state index contributed by atoms with van der Waals surface area (Å²) in [5.74, 6) is 0. The summed E-state index contributed by atoms with van der Waals surface area (Å²) in [6, 6.07) is 8.42. The molecule has 96 valence electrons. The molecule has 2 aliphatic rings. The normalized spacial score (nSPS) is 30.0. The van der Waals surface area contributed by atoms with Crippen LogP contribution in [-0.4, -0.2) is 13.2 Å². The molecule has 19 heavy (non-hydrogen) atoms. The molecule has 1 unspecified atom stereocenters. The van der Waals surface area contributed by atoms with Gasteiger partial charge in [0.25, 0.3) is 0 Å². The van der Waals surface area contributed by atoms with E-state index >= 15 is 0 Å². The van der Waals surface area contributed by atoms with Gasteiger partial charge < -0.3 is 10.2 Å². The van der Waals surface area contributed by atoms with E-state index in [-0.39, 0.29) is 6.17 Å². The molecule has 1 aliphatic carbocycles. The smallest absolute Gasteiger partial charge is 0.125 e. The quantitative estimate of drug-likeness (QED) is 0.814. The Bertz CT molecular complexity index is 605. The Balaban J connectivity index is 1.91. The van der Waals surface area contributed by atoms with E-state index in [0.717, 1.165) is 0 Å². The largest absolute Gasteiger partial charge is 0.360 e. The highest BCUT2D eigenvalue weighted by molar-refractivity contribution is 5.77. The highest BCUT2D eigenvalue weighted by atomic mass is 15.3. The Hall–Kier alpha value is -2.22. The molecule has 1 atom stereocenters. The van der Waals surface area contributed by atoms with E-state index in [4.69, 9.17) is 0 Å². The molecule has 0 saturated heterocycles. The van der Waals surface area contributed by atoms with Crippen molar-refractivity contribution >= 4 is 11.4 Å². The summed E-state index contributed by atoms with van der Waals surface area (Å²) in [6.07, 6.45) is 13.0. The number of hydrogen-bond acceptors (Lipinski definition) is 2. The maximum Gasteiger partial charge on any atom is 0.125 e. The monoisotopic (exact) mass is 250 g/mol. The fraction of sp³-hybridized carbons (Fsp3) is 0.176. The summed E-state index contributed by atoms with van der Waals surface area (Å²) in [7, 11) is 2.13. The number of likely N-dealkylation sites (N-methyl/N-ethyl adjacent to an activating group) is 1. The summed E-state index contributed by atoms with van der Waals surface area (Å²) in [4.78, 5) is 2.28. The van der Waals surface area contributed by atoms with Crippen molar-refractivity contribution in [3.8, 4) is 0 Å². The average molecular weight is 250 g/mol. The molecule has 0 fully saturated rings. The molecule has 3 rings (SSSR count). The van der Waals surface area contributed by atoms with Crippen molar-refractivity contribution in [2.45, 2.75) is 13.1 Å². The van der Waals surface area contributed by atoms with Gasteiger partial charge in [0.05, 0.1) is 11.4 Å². The first kappa shape index (κ1) is 11.8. The van der Waals surface area contributed by atoms with Crippen molar-refractivity contribution in [3.05, 3.63) is 71.9 Å². The van der Waals surface area contributed by atoms with Crippen LogP contribution in [0.3, 0.4) is 0 Å². The van der Waals surface area contributed by atoms with Gasteiger partial charge in [0.2, 0.25) is 0 Å². The minimum Gasteiger partial charge on any atom is -0.360 e. The third-order valence-corrected chi connectivity index (χ3v) is 3.58.